The van der Waals surface area contributed by atoms with Crippen molar-refractivity contribution in [1.29, 1.82) is 0 Å². The Kier molecular flexibility index (Phi) is 3.62. The Hall–Kier alpha value is -1.98. The third-order valence-corrected chi connectivity index (χ3v) is 4.56. The van der Waals surface area contributed by atoms with Crippen LogP contribution < -0.4 is 4.90 Å². The summed E-state index contributed by atoms with van der Waals surface area (Å²) < 4.78 is 0. The third-order valence-electron chi connectivity index (χ3n) is 4.56. The molecule has 3 heterocycles. The molecule has 2 aliphatic rings. The van der Waals surface area contributed by atoms with Gasteiger partial charge in [0, 0.05) is 30.8 Å². The number of fused-ring (bicyclic) bond motifs is 1. The molecule has 6 nitrogen and oxygen atoms in total. The highest BCUT2D eigenvalue weighted by Crippen LogP contribution is 2.35. The van der Waals surface area contributed by atoms with E-state index >= 15 is 0 Å². The van der Waals surface area contributed by atoms with Gasteiger partial charge in [0.1, 0.15) is 5.82 Å². The molecule has 1 aromatic rings. The maximum atomic E-state index is 12.4. The first kappa shape index (κ1) is 14.9. The predicted molar refractivity (Wildman–Crippen MR) is 82.4 cm³/mol. The van der Waals surface area contributed by atoms with Crippen LogP contribution in [-0.2, 0) is 16.0 Å². The molecule has 1 saturated heterocycles. The Labute approximate surface area is 130 Å². The van der Waals surface area contributed by atoms with E-state index in [1.165, 1.54) is 0 Å². The quantitative estimate of drug-likeness (QED) is 0.832. The Morgan fingerprint density at radius 2 is 2.05 bits per heavy atom. The largest absolute Gasteiger partial charge is 0.332 e. The zero-order chi connectivity index (χ0) is 16.0. The molecule has 1 fully saturated rings. The van der Waals surface area contributed by atoms with E-state index in [4.69, 9.17) is 0 Å². The molecule has 0 aromatic carbocycles. The van der Waals surface area contributed by atoms with Gasteiger partial charge in [-0.3, -0.25) is 14.5 Å². The third kappa shape index (κ3) is 2.26. The van der Waals surface area contributed by atoms with Gasteiger partial charge in [-0.25, -0.2) is 9.97 Å². The lowest BCUT2D eigenvalue weighted by molar-refractivity contribution is -0.135. The van der Waals surface area contributed by atoms with Crippen molar-refractivity contribution in [2.45, 2.75) is 46.1 Å². The number of amides is 2. The van der Waals surface area contributed by atoms with Crippen molar-refractivity contribution in [3.63, 3.8) is 0 Å². The monoisotopic (exact) mass is 302 g/mol. The second kappa shape index (κ2) is 5.34. The predicted octanol–water partition coefficient (Wildman–Crippen LogP) is 1.62. The lowest BCUT2D eigenvalue weighted by Crippen LogP contribution is -2.34. The van der Waals surface area contributed by atoms with Crippen molar-refractivity contribution in [2.24, 2.45) is 5.92 Å². The minimum atomic E-state index is -0.0667. The lowest BCUT2D eigenvalue weighted by Gasteiger charge is -2.26. The molecular weight excluding hydrogens is 280 g/mol. The summed E-state index contributed by atoms with van der Waals surface area (Å²) in [5, 5.41) is 0. The van der Waals surface area contributed by atoms with E-state index in [9.17, 15) is 9.59 Å². The summed E-state index contributed by atoms with van der Waals surface area (Å²) in [6.07, 6.45) is 2.23. The summed E-state index contributed by atoms with van der Waals surface area (Å²) >= 11 is 0. The van der Waals surface area contributed by atoms with Crippen LogP contribution in [0.1, 0.15) is 49.8 Å². The van der Waals surface area contributed by atoms with E-state index in [0.29, 0.717) is 18.1 Å². The molecule has 118 valence electrons. The Bertz CT molecular complexity index is 641. The van der Waals surface area contributed by atoms with E-state index in [0.717, 1.165) is 30.6 Å². The van der Waals surface area contributed by atoms with Crippen LogP contribution in [0, 0.1) is 12.8 Å². The fourth-order valence-corrected chi connectivity index (χ4v) is 3.25. The van der Waals surface area contributed by atoms with Gasteiger partial charge in [0.2, 0.25) is 11.8 Å². The first-order valence-corrected chi connectivity index (χ1v) is 7.84. The molecule has 0 spiro atoms. The number of aromatic nitrogens is 2. The van der Waals surface area contributed by atoms with Crippen LogP contribution >= 0.6 is 0 Å². The van der Waals surface area contributed by atoms with E-state index < -0.39 is 0 Å². The summed E-state index contributed by atoms with van der Waals surface area (Å²) in [5.74, 6) is 1.54. The van der Waals surface area contributed by atoms with Crippen molar-refractivity contribution in [3.05, 3.63) is 17.1 Å². The molecule has 1 aromatic heterocycles. The van der Waals surface area contributed by atoms with Gasteiger partial charge in [-0.1, -0.05) is 13.8 Å². The van der Waals surface area contributed by atoms with Crippen LogP contribution in [0.4, 0.5) is 5.82 Å². The average Bonchev–Trinajstić information content (AvgIpc) is 3.05. The molecule has 6 heteroatoms. The number of likely N-dealkylation sites (N-methyl/N-ethyl adjacent to an activating group) is 1. The maximum Gasteiger partial charge on any atom is 0.232 e. The molecule has 3 rings (SSSR count). The number of hydrogen-bond donors (Lipinski definition) is 0. The van der Waals surface area contributed by atoms with Gasteiger partial charge < -0.3 is 4.90 Å². The number of anilines is 1. The number of likely N-dealkylation sites (tertiary alicyclic amines) is 1. The van der Waals surface area contributed by atoms with Gasteiger partial charge in [-0.05, 0) is 19.8 Å². The molecule has 0 aliphatic carbocycles. The first-order valence-electron chi connectivity index (χ1n) is 7.84. The summed E-state index contributed by atoms with van der Waals surface area (Å²) in [5.41, 5.74) is 1.76. The van der Waals surface area contributed by atoms with E-state index in [-0.39, 0.29) is 23.8 Å². The number of nitrogens with zero attached hydrogens (tertiary/aromatic N) is 4. The standard InChI is InChI=1S/C16H22N4O2/c1-9(2)16(22)20-7-5-6-12(20)14-17-10(3)11-8-13(21)19(4)15(11)18-14/h9,12H,5-8H2,1-4H3. The van der Waals surface area contributed by atoms with Crippen LogP contribution in [0.25, 0.3) is 0 Å². The van der Waals surface area contributed by atoms with E-state index in [1.54, 1.807) is 11.9 Å². The lowest BCUT2D eigenvalue weighted by atomic mass is 10.1. The molecule has 1 atom stereocenters. The zero-order valence-corrected chi connectivity index (χ0v) is 13.6. The van der Waals surface area contributed by atoms with Crippen LogP contribution in [-0.4, -0.2) is 40.3 Å². The first-order chi connectivity index (χ1) is 10.4. The number of carbonyl (C=O) groups excluding carboxylic acids is 2. The van der Waals surface area contributed by atoms with Crippen LogP contribution in [0.5, 0.6) is 0 Å². The number of aryl methyl sites for hydroxylation is 1. The minimum Gasteiger partial charge on any atom is -0.332 e. The fraction of sp³-hybridized carbons (Fsp3) is 0.625. The highest BCUT2D eigenvalue weighted by atomic mass is 16.2. The molecule has 2 amide bonds. The van der Waals surface area contributed by atoms with Gasteiger partial charge in [-0.15, -0.1) is 0 Å². The Balaban J connectivity index is 1.98. The topological polar surface area (TPSA) is 66.4 Å². The highest BCUT2D eigenvalue weighted by Gasteiger charge is 2.35. The van der Waals surface area contributed by atoms with Gasteiger partial charge >= 0.3 is 0 Å². The molecule has 2 aliphatic heterocycles. The van der Waals surface area contributed by atoms with Gasteiger partial charge in [0.25, 0.3) is 0 Å². The highest BCUT2D eigenvalue weighted by molar-refractivity contribution is 6.00. The molecule has 1 unspecified atom stereocenters. The average molecular weight is 302 g/mol. The van der Waals surface area contributed by atoms with Crippen molar-refractivity contribution < 1.29 is 9.59 Å². The maximum absolute atomic E-state index is 12.4. The van der Waals surface area contributed by atoms with Gasteiger partial charge in [0.05, 0.1) is 12.5 Å². The van der Waals surface area contributed by atoms with Gasteiger partial charge in [-0.2, -0.15) is 0 Å². The normalized spacial score (nSPS) is 21.0. The molecule has 0 bridgehead atoms. The number of rotatable bonds is 2. The summed E-state index contributed by atoms with van der Waals surface area (Å²) in [6, 6.07) is -0.0667. The minimum absolute atomic E-state index is 0.0274. The molecule has 0 N–H and O–H groups in total. The van der Waals surface area contributed by atoms with E-state index in [2.05, 4.69) is 9.97 Å². The van der Waals surface area contributed by atoms with Crippen molar-refractivity contribution >= 4 is 17.6 Å². The van der Waals surface area contributed by atoms with Gasteiger partial charge in [0.15, 0.2) is 5.82 Å². The smallest absolute Gasteiger partial charge is 0.232 e. The van der Waals surface area contributed by atoms with Crippen molar-refractivity contribution in [1.82, 2.24) is 14.9 Å². The zero-order valence-electron chi connectivity index (χ0n) is 13.6. The summed E-state index contributed by atoms with van der Waals surface area (Å²) in [4.78, 5) is 37.0. The van der Waals surface area contributed by atoms with Crippen molar-refractivity contribution in [2.75, 3.05) is 18.5 Å². The van der Waals surface area contributed by atoms with Crippen LogP contribution in [0.15, 0.2) is 0 Å². The molecule has 0 saturated carbocycles. The summed E-state index contributed by atoms with van der Waals surface area (Å²) in [7, 11) is 1.75. The summed E-state index contributed by atoms with van der Waals surface area (Å²) in [6.45, 7) is 6.51. The Morgan fingerprint density at radius 1 is 1.32 bits per heavy atom. The molecule has 0 radical (unpaired) electrons. The number of carbonyl (C=O) groups is 2. The van der Waals surface area contributed by atoms with E-state index in [1.807, 2.05) is 25.7 Å². The Morgan fingerprint density at radius 3 is 2.73 bits per heavy atom. The molecule has 22 heavy (non-hydrogen) atoms. The second-order valence-electron chi connectivity index (χ2n) is 6.44. The van der Waals surface area contributed by atoms with Crippen LogP contribution in [0.3, 0.4) is 0 Å². The number of hydrogen-bond acceptors (Lipinski definition) is 4. The fourth-order valence-electron chi connectivity index (χ4n) is 3.25. The SMILES string of the molecule is Cc1nc(C2CCCN2C(=O)C(C)C)nc2c1CC(=O)N2C. The van der Waals surface area contributed by atoms with Crippen molar-refractivity contribution in [3.8, 4) is 0 Å². The molecular formula is C16H22N4O2. The van der Waals surface area contributed by atoms with Crippen LogP contribution in [0.2, 0.25) is 0 Å². The second-order valence-corrected chi connectivity index (χ2v) is 6.44.